The highest BCUT2D eigenvalue weighted by Gasteiger charge is 2.17. The van der Waals surface area contributed by atoms with Crippen LogP contribution in [0.15, 0.2) is 55.0 Å². The first-order chi connectivity index (χ1) is 12.7. The van der Waals surface area contributed by atoms with E-state index in [9.17, 15) is 4.79 Å². The summed E-state index contributed by atoms with van der Waals surface area (Å²) in [7, 11) is 2.15. The number of anilines is 1. The van der Waals surface area contributed by atoms with Crippen LogP contribution in [-0.2, 0) is 6.54 Å². The number of rotatable bonds is 4. The average Bonchev–Trinajstić information content (AvgIpc) is 3.11. The lowest BCUT2D eigenvalue weighted by molar-refractivity contribution is 0.0950. The predicted octanol–water partition coefficient (Wildman–Crippen LogP) is 2.02. The topological polar surface area (TPSA) is 52.9 Å². The highest BCUT2D eigenvalue weighted by molar-refractivity contribution is 5.94. The second-order valence-corrected chi connectivity index (χ2v) is 6.74. The fourth-order valence-electron chi connectivity index (χ4n) is 3.30. The van der Waals surface area contributed by atoms with Crippen molar-refractivity contribution in [3.05, 3.63) is 66.1 Å². The van der Waals surface area contributed by atoms with Gasteiger partial charge in [-0.25, -0.2) is 0 Å². The van der Waals surface area contributed by atoms with Crippen molar-refractivity contribution in [3.63, 3.8) is 0 Å². The van der Waals surface area contributed by atoms with Crippen LogP contribution in [0.2, 0.25) is 0 Å². The molecule has 134 valence electrons. The maximum Gasteiger partial charge on any atom is 0.253 e. The lowest BCUT2D eigenvalue weighted by atomic mass is 10.2. The van der Waals surface area contributed by atoms with Gasteiger partial charge >= 0.3 is 0 Å². The van der Waals surface area contributed by atoms with Gasteiger partial charge in [-0.05, 0) is 42.9 Å². The molecule has 3 aromatic rings. The molecule has 0 aliphatic carbocycles. The van der Waals surface area contributed by atoms with Crippen molar-refractivity contribution in [2.45, 2.75) is 6.54 Å². The van der Waals surface area contributed by atoms with Crippen molar-refractivity contribution in [1.29, 1.82) is 0 Å². The van der Waals surface area contributed by atoms with Gasteiger partial charge in [0.1, 0.15) is 5.82 Å². The Morgan fingerprint density at radius 2 is 1.92 bits per heavy atom. The van der Waals surface area contributed by atoms with Gasteiger partial charge in [-0.15, -0.1) is 0 Å². The number of hydrogen-bond acceptors (Lipinski definition) is 4. The molecule has 0 spiro atoms. The molecule has 1 N–H and O–H groups in total. The van der Waals surface area contributed by atoms with Gasteiger partial charge in [0.05, 0.1) is 5.56 Å². The molecule has 0 bridgehead atoms. The summed E-state index contributed by atoms with van der Waals surface area (Å²) in [4.78, 5) is 21.3. The van der Waals surface area contributed by atoms with Crippen LogP contribution >= 0.6 is 0 Å². The van der Waals surface area contributed by atoms with Crippen molar-refractivity contribution in [3.8, 4) is 0 Å². The van der Waals surface area contributed by atoms with Crippen LogP contribution in [0.25, 0.3) is 5.52 Å². The van der Waals surface area contributed by atoms with Gasteiger partial charge in [0.25, 0.3) is 5.91 Å². The molecule has 1 aliphatic heterocycles. The number of piperazine rings is 1. The van der Waals surface area contributed by atoms with Crippen molar-refractivity contribution < 1.29 is 4.79 Å². The van der Waals surface area contributed by atoms with Crippen LogP contribution in [0.3, 0.4) is 0 Å². The van der Waals surface area contributed by atoms with Crippen molar-refractivity contribution in [1.82, 2.24) is 19.6 Å². The fraction of sp³-hybridized carbons (Fsp3) is 0.300. The fourth-order valence-corrected chi connectivity index (χ4v) is 3.30. The number of pyridine rings is 2. The predicted molar refractivity (Wildman–Crippen MR) is 103 cm³/mol. The van der Waals surface area contributed by atoms with Crippen LogP contribution in [0.5, 0.6) is 0 Å². The molecule has 6 heteroatoms. The number of aromatic nitrogens is 2. The van der Waals surface area contributed by atoms with E-state index in [0.29, 0.717) is 12.1 Å². The lowest BCUT2D eigenvalue weighted by Gasteiger charge is -2.33. The molecule has 4 heterocycles. The van der Waals surface area contributed by atoms with Gasteiger partial charge < -0.3 is 19.5 Å². The molecule has 1 saturated heterocycles. The quantitative estimate of drug-likeness (QED) is 0.783. The normalized spacial score (nSPS) is 15.3. The van der Waals surface area contributed by atoms with Gasteiger partial charge in [0.15, 0.2) is 0 Å². The number of fused-ring (bicyclic) bond motifs is 1. The largest absolute Gasteiger partial charge is 0.355 e. The van der Waals surface area contributed by atoms with Crippen LogP contribution in [0, 0.1) is 0 Å². The molecule has 1 aliphatic rings. The second kappa shape index (κ2) is 7.17. The highest BCUT2D eigenvalue weighted by Crippen LogP contribution is 2.21. The number of amides is 1. The number of nitrogens with one attached hydrogen (secondary N) is 1. The average molecular weight is 349 g/mol. The Balaban J connectivity index is 1.53. The van der Waals surface area contributed by atoms with Gasteiger partial charge in [-0.1, -0.05) is 6.07 Å². The molecule has 3 aromatic heterocycles. The molecule has 1 fully saturated rings. The zero-order chi connectivity index (χ0) is 17.9. The molecule has 0 unspecified atom stereocenters. The summed E-state index contributed by atoms with van der Waals surface area (Å²) in [6.45, 7) is 4.58. The number of carbonyl (C=O) groups is 1. The van der Waals surface area contributed by atoms with Gasteiger partial charge in [0.2, 0.25) is 0 Å². The number of carbonyl (C=O) groups excluding carboxylic acids is 1. The summed E-state index contributed by atoms with van der Waals surface area (Å²) in [5, 5.41) is 2.96. The third-order valence-corrected chi connectivity index (χ3v) is 4.90. The van der Waals surface area contributed by atoms with E-state index in [1.54, 1.807) is 12.4 Å². The molecule has 6 nitrogen and oxygen atoms in total. The van der Waals surface area contributed by atoms with E-state index in [-0.39, 0.29) is 5.91 Å². The van der Waals surface area contributed by atoms with Crippen LogP contribution < -0.4 is 10.2 Å². The smallest absolute Gasteiger partial charge is 0.253 e. The van der Waals surface area contributed by atoms with Crippen LogP contribution in [0.4, 0.5) is 5.82 Å². The van der Waals surface area contributed by atoms with Crippen LogP contribution in [-0.4, -0.2) is 53.4 Å². The summed E-state index contributed by atoms with van der Waals surface area (Å²) in [5.74, 6) is 1.07. The SMILES string of the molecule is CN1CCN(c2ccc3ccc(C(=O)NCc4cccnc4)cn23)CC1. The zero-order valence-electron chi connectivity index (χ0n) is 14.9. The van der Waals surface area contributed by atoms with Gasteiger partial charge in [-0.3, -0.25) is 9.78 Å². The van der Waals surface area contributed by atoms with Gasteiger partial charge in [0, 0.05) is 56.8 Å². The van der Waals surface area contributed by atoms with Crippen molar-refractivity contribution in [2.75, 3.05) is 38.1 Å². The van der Waals surface area contributed by atoms with Crippen LogP contribution in [0.1, 0.15) is 15.9 Å². The summed E-state index contributed by atoms with van der Waals surface area (Å²) in [5.41, 5.74) is 2.75. The first kappa shape index (κ1) is 16.6. The van der Waals surface area contributed by atoms with Crippen molar-refractivity contribution >= 4 is 17.2 Å². The summed E-state index contributed by atoms with van der Waals surface area (Å²) in [6, 6.07) is 11.9. The number of hydrogen-bond donors (Lipinski definition) is 1. The molecular weight excluding hydrogens is 326 g/mol. The molecule has 4 rings (SSSR count). The molecule has 1 amide bonds. The Labute approximate surface area is 153 Å². The number of nitrogens with zero attached hydrogens (tertiary/aromatic N) is 4. The third-order valence-electron chi connectivity index (χ3n) is 4.90. The Bertz CT molecular complexity index is 897. The highest BCUT2D eigenvalue weighted by atomic mass is 16.1. The first-order valence-electron chi connectivity index (χ1n) is 8.92. The Morgan fingerprint density at radius 1 is 1.12 bits per heavy atom. The minimum atomic E-state index is -0.0752. The second-order valence-electron chi connectivity index (χ2n) is 6.74. The molecular formula is C20H23N5O. The maximum atomic E-state index is 12.5. The van der Waals surface area contributed by atoms with Gasteiger partial charge in [-0.2, -0.15) is 0 Å². The standard InChI is InChI=1S/C20H23N5O/c1-23-9-11-24(12-10-23)19-7-6-18-5-4-17(15-25(18)19)20(26)22-14-16-3-2-8-21-13-16/h2-8,13,15H,9-12,14H2,1H3,(H,22,26). The minimum absolute atomic E-state index is 0.0752. The van der Waals surface area contributed by atoms with E-state index in [2.05, 4.69) is 43.7 Å². The molecule has 0 saturated carbocycles. The van der Waals surface area contributed by atoms with E-state index in [1.165, 1.54) is 0 Å². The van der Waals surface area contributed by atoms with E-state index >= 15 is 0 Å². The monoisotopic (exact) mass is 349 g/mol. The third kappa shape index (κ3) is 3.41. The molecule has 0 atom stereocenters. The molecule has 0 radical (unpaired) electrons. The van der Waals surface area contributed by atoms with E-state index in [0.717, 1.165) is 43.1 Å². The van der Waals surface area contributed by atoms with E-state index in [4.69, 9.17) is 0 Å². The summed E-state index contributed by atoms with van der Waals surface area (Å²) >= 11 is 0. The van der Waals surface area contributed by atoms with Crippen molar-refractivity contribution in [2.24, 2.45) is 0 Å². The summed E-state index contributed by atoms with van der Waals surface area (Å²) < 4.78 is 2.12. The van der Waals surface area contributed by atoms with E-state index < -0.39 is 0 Å². The Kier molecular flexibility index (Phi) is 4.58. The first-order valence-corrected chi connectivity index (χ1v) is 8.92. The Morgan fingerprint density at radius 3 is 2.69 bits per heavy atom. The van der Waals surface area contributed by atoms with E-state index in [1.807, 2.05) is 30.5 Å². The zero-order valence-corrected chi connectivity index (χ0v) is 14.9. The lowest BCUT2D eigenvalue weighted by Crippen LogP contribution is -2.44. The molecule has 0 aromatic carbocycles. The maximum absolute atomic E-state index is 12.5. The summed E-state index contributed by atoms with van der Waals surface area (Å²) in [6.07, 6.45) is 5.42. The molecule has 26 heavy (non-hydrogen) atoms. The minimum Gasteiger partial charge on any atom is -0.355 e. The number of likely N-dealkylation sites (N-methyl/N-ethyl adjacent to an activating group) is 1. The Hall–Kier alpha value is -2.86.